The molecule has 0 amide bonds. The fourth-order valence-electron chi connectivity index (χ4n) is 1.20. The number of hydrogen-bond donors (Lipinski definition) is 0. The molecule has 2 rings (SSSR count). The van der Waals surface area contributed by atoms with E-state index in [0.717, 1.165) is 0 Å². The van der Waals surface area contributed by atoms with Gasteiger partial charge in [-0.2, -0.15) is 0 Å². The van der Waals surface area contributed by atoms with Crippen molar-refractivity contribution in [2.24, 2.45) is 0 Å². The second kappa shape index (κ2) is 9.46. The van der Waals surface area contributed by atoms with Crippen LogP contribution < -0.4 is 0 Å². The molecule has 0 N–H and O–H groups in total. The number of rotatable bonds is 1. The van der Waals surface area contributed by atoms with E-state index in [-0.39, 0.29) is 0 Å². The van der Waals surface area contributed by atoms with Crippen molar-refractivity contribution in [3.63, 3.8) is 0 Å². The Balaban J connectivity index is 0.000000189. The third kappa shape index (κ3) is 6.52. The average Bonchev–Trinajstić information content (AvgIpc) is 2.63. The van der Waals surface area contributed by atoms with Crippen LogP contribution in [0.1, 0.15) is 38.5 Å². The van der Waals surface area contributed by atoms with Crippen LogP contribution in [0.5, 0.6) is 0 Å². The summed E-state index contributed by atoms with van der Waals surface area (Å²) >= 11 is 0. The van der Waals surface area contributed by atoms with Crippen molar-refractivity contribution in [3.05, 3.63) is 12.2 Å². The van der Waals surface area contributed by atoms with Crippen LogP contribution in [0.2, 0.25) is 0 Å². The van der Waals surface area contributed by atoms with Gasteiger partial charge in [0.05, 0.1) is 6.10 Å². The van der Waals surface area contributed by atoms with E-state index >= 15 is 0 Å². The standard InChI is InChI=1S/C5H10O.C5H8.CH2O/c1-6-5-3-2-4-5;1-2-4-5-3-1;1-2/h5H,2-4H2,1H3;1-2H,3-5H2;1H2. The highest BCUT2D eigenvalue weighted by molar-refractivity contribution is 5.10. The molecule has 2 nitrogen and oxygen atoms in total. The fraction of sp³-hybridized carbons (Fsp3) is 0.727. The van der Waals surface area contributed by atoms with Gasteiger partial charge in [0.25, 0.3) is 0 Å². The van der Waals surface area contributed by atoms with Crippen molar-refractivity contribution in [3.8, 4) is 0 Å². The lowest BCUT2D eigenvalue weighted by Crippen LogP contribution is -2.18. The molecule has 2 aliphatic rings. The molecule has 1 saturated carbocycles. The Bertz CT molecular complexity index is 119. The third-order valence-electron chi connectivity index (χ3n) is 2.29. The van der Waals surface area contributed by atoms with E-state index in [0.29, 0.717) is 6.10 Å². The second-order valence-electron chi connectivity index (χ2n) is 3.19. The van der Waals surface area contributed by atoms with Gasteiger partial charge >= 0.3 is 0 Å². The molecule has 2 aliphatic carbocycles. The summed E-state index contributed by atoms with van der Waals surface area (Å²) in [7, 11) is 1.78. The molecule has 0 saturated heterocycles. The van der Waals surface area contributed by atoms with Crippen molar-refractivity contribution in [1.29, 1.82) is 0 Å². The molecular formula is C11H20O2. The summed E-state index contributed by atoms with van der Waals surface area (Å²) in [6.07, 6.45) is 13.1. The van der Waals surface area contributed by atoms with Gasteiger partial charge in [-0.15, -0.1) is 0 Å². The maximum Gasteiger partial charge on any atom is 0.106 e. The zero-order chi connectivity index (χ0) is 9.94. The van der Waals surface area contributed by atoms with Crippen molar-refractivity contribution in [2.75, 3.05) is 7.11 Å². The van der Waals surface area contributed by atoms with Gasteiger partial charge in [-0.25, -0.2) is 0 Å². The Morgan fingerprint density at radius 3 is 1.77 bits per heavy atom. The minimum absolute atomic E-state index is 0.616. The molecule has 0 unspecified atom stereocenters. The predicted molar refractivity (Wildman–Crippen MR) is 54.8 cm³/mol. The van der Waals surface area contributed by atoms with Crippen LogP contribution in [0.25, 0.3) is 0 Å². The van der Waals surface area contributed by atoms with E-state index in [2.05, 4.69) is 12.2 Å². The van der Waals surface area contributed by atoms with E-state index in [1.54, 1.807) is 7.11 Å². The summed E-state index contributed by atoms with van der Waals surface area (Å²) in [6, 6.07) is 0. The molecule has 0 radical (unpaired) electrons. The first-order valence-electron chi connectivity index (χ1n) is 4.90. The fourth-order valence-corrected chi connectivity index (χ4v) is 1.20. The van der Waals surface area contributed by atoms with Crippen LogP contribution in [0.3, 0.4) is 0 Å². The van der Waals surface area contributed by atoms with Crippen LogP contribution >= 0.6 is 0 Å². The molecule has 0 bridgehead atoms. The van der Waals surface area contributed by atoms with Gasteiger partial charge in [-0.1, -0.05) is 12.2 Å². The Morgan fingerprint density at radius 1 is 1.15 bits per heavy atom. The van der Waals surface area contributed by atoms with Gasteiger partial charge in [0.1, 0.15) is 6.79 Å². The maximum atomic E-state index is 8.00. The molecule has 0 heterocycles. The van der Waals surface area contributed by atoms with E-state index in [4.69, 9.17) is 9.53 Å². The molecule has 0 spiro atoms. The molecule has 1 fully saturated rings. The molecule has 0 aromatic heterocycles. The molecule has 0 aromatic carbocycles. The van der Waals surface area contributed by atoms with Crippen LogP contribution in [0.15, 0.2) is 12.2 Å². The minimum atomic E-state index is 0.616. The lowest BCUT2D eigenvalue weighted by atomic mass is 9.96. The number of allylic oxidation sites excluding steroid dienone is 2. The second-order valence-corrected chi connectivity index (χ2v) is 3.19. The highest BCUT2D eigenvalue weighted by Gasteiger charge is 2.14. The van der Waals surface area contributed by atoms with Crippen molar-refractivity contribution in [2.45, 2.75) is 44.6 Å². The highest BCUT2D eigenvalue weighted by Crippen LogP contribution is 2.20. The Labute approximate surface area is 81.0 Å². The van der Waals surface area contributed by atoms with Gasteiger partial charge in [-0.05, 0) is 38.5 Å². The lowest BCUT2D eigenvalue weighted by Gasteiger charge is -2.22. The number of carbonyl (C=O) groups is 1. The van der Waals surface area contributed by atoms with Gasteiger partial charge in [0.15, 0.2) is 0 Å². The zero-order valence-electron chi connectivity index (χ0n) is 8.50. The van der Waals surface area contributed by atoms with Crippen LogP contribution in [-0.2, 0) is 9.53 Å². The molecule has 13 heavy (non-hydrogen) atoms. The van der Waals surface area contributed by atoms with Crippen molar-refractivity contribution >= 4 is 6.79 Å². The first-order valence-corrected chi connectivity index (χ1v) is 4.90. The van der Waals surface area contributed by atoms with Crippen LogP contribution in [0.4, 0.5) is 0 Å². The average molecular weight is 184 g/mol. The molecule has 0 aliphatic heterocycles. The first kappa shape index (κ1) is 12.4. The van der Waals surface area contributed by atoms with Crippen molar-refractivity contribution < 1.29 is 9.53 Å². The Morgan fingerprint density at radius 2 is 1.69 bits per heavy atom. The largest absolute Gasteiger partial charge is 0.381 e. The number of hydrogen-bond acceptors (Lipinski definition) is 2. The summed E-state index contributed by atoms with van der Waals surface area (Å²) in [4.78, 5) is 8.00. The third-order valence-corrected chi connectivity index (χ3v) is 2.29. The van der Waals surface area contributed by atoms with Crippen LogP contribution in [-0.4, -0.2) is 20.0 Å². The first-order chi connectivity index (χ1) is 6.43. The molecule has 2 heteroatoms. The summed E-state index contributed by atoms with van der Waals surface area (Å²) in [5.74, 6) is 0. The smallest absolute Gasteiger partial charge is 0.106 e. The maximum absolute atomic E-state index is 8.00. The summed E-state index contributed by atoms with van der Waals surface area (Å²) in [5, 5.41) is 0. The lowest BCUT2D eigenvalue weighted by molar-refractivity contribution is -0.0979. The highest BCUT2D eigenvalue weighted by atomic mass is 16.5. The molecule has 0 aromatic rings. The van der Waals surface area contributed by atoms with Crippen LogP contribution in [0, 0.1) is 0 Å². The van der Waals surface area contributed by atoms with Crippen molar-refractivity contribution in [1.82, 2.24) is 0 Å². The minimum Gasteiger partial charge on any atom is -0.381 e. The summed E-state index contributed by atoms with van der Waals surface area (Å²) in [6.45, 7) is 2.00. The Kier molecular flexibility index (Phi) is 9.00. The number of ether oxygens (including phenoxy) is 1. The van der Waals surface area contributed by atoms with E-state index < -0.39 is 0 Å². The van der Waals surface area contributed by atoms with E-state index in [1.807, 2.05) is 6.79 Å². The SMILES string of the molecule is C1=CCCC1.C=O.COC1CCC1. The van der Waals surface area contributed by atoms with E-state index in [9.17, 15) is 0 Å². The van der Waals surface area contributed by atoms with Gasteiger partial charge in [0.2, 0.25) is 0 Å². The topological polar surface area (TPSA) is 26.3 Å². The van der Waals surface area contributed by atoms with E-state index in [1.165, 1.54) is 38.5 Å². The number of carbonyl (C=O) groups excluding carboxylic acids is 1. The summed E-state index contributed by atoms with van der Waals surface area (Å²) < 4.78 is 4.99. The molecular weight excluding hydrogens is 164 g/mol. The van der Waals surface area contributed by atoms with Gasteiger partial charge in [0, 0.05) is 7.11 Å². The number of methoxy groups -OCH3 is 1. The van der Waals surface area contributed by atoms with Gasteiger partial charge < -0.3 is 9.53 Å². The molecule has 0 atom stereocenters. The predicted octanol–water partition coefficient (Wildman–Crippen LogP) is 2.73. The van der Waals surface area contributed by atoms with Gasteiger partial charge in [-0.3, -0.25) is 0 Å². The summed E-state index contributed by atoms with van der Waals surface area (Å²) in [5.41, 5.74) is 0. The molecule has 76 valence electrons. The Hall–Kier alpha value is -0.630. The zero-order valence-corrected chi connectivity index (χ0v) is 8.50. The normalized spacial score (nSPS) is 19.2. The monoisotopic (exact) mass is 184 g/mol. The quantitative estimate of drug-likeness (QED) is 0.586.